The van der Waals surface area contributed by atoms with E-state index in [4.69, 9.17) is 0 Å². The third-order valence-corrected chi connectivity index (χ3v) is 5.84. The molecule has 2 nitrogen and oxygen atoms in total. The number of hydrogen-bond acceptors (Lipinski definition) is 4. The predicted octanol–water partition coefficient (Wildman–Crippen LogP) is 3.59. The van der Waals surface area contributed by atoms with Crippen molar-refractivity contribution in [3.8, 4) is 0 Å². The zero-order chi connectivity index (χ0) is 11.8. The number of amidine groups is 1. The van der Waals surface area contributed by atoms with Crippen molar-refractivity contribution in [2.24, 2.45) is 10.9 Å². The van der Waals surface area contributed by atoms with Gasteiger partial charge in [-0.05, 0) is 44.7 Å². The molecule has 92 valence electrons. The van der Waals surface area contributed by atoms with E-state index < -0.39 is 0 Å². The molecule has 4 heteroatoms. The average molecular weight is 266 g/mol. The summed E-state index contributed by atoms with van der Waals surface area (Å²) in [5.41, 5.74) is 0. The lowest BCUT2D eigenvalue weighted by atomic mass is 10.3. The van der Waals surface area contributed by atoms with Crippen LogP contribution < -0.4 is 5.32 Å². The number of aliphatic imine (C=N–C) groups is 1. The lowest BCUT2D eigenvalue weighted by Gasteiger charge is -2.13. The molecule has 1 N–H and O–H groups in total. The molecular weight excluding hydrogens is 248 g/mol. The van der Waals surface area contributed by atoms with E-state index in [1.165, 1.54) is 22.6 Å². The van der Waals surface area contributed by atoms with Crippen molar-refractivity contribution in [1.82, 2.24) is 5.32 Å². The van der Waals surface area contributed by atoms with E-state index in [0.717, 1.165) is 22.9 Å². The number of thiophene rings is 1. The molecule has 1 aromatic heterocycles. The highest BCUT2D eigenvalue weighted by molar-refractivity contribution is 8.14. The largest absolute Gasteiger partial charge is 0.358 e. The van der Waals surface area contributed by atoms with Crippen LogP contribution in [0.25, 0.3) is 0 Å². The first-order chi connectivity index (χ1) is 8.22. The fourth-order valence-corrected chi connectivity index (χ4v) is 4.30. The number of nitrogens with one attached hydrogen (secondary N) is 1. The third kappa shape index (κ3) is 2.68. The van der Waals surface area contributed by atoms with Gasteiger partial charge in [0.2, 0.25) is 0 Å². The topological polar surface area (TPSA) is 24.4 Å². The number of thioether (sulfide) groups is 1. The summed E-state index contributed by atoms with van der Waals surface area (Å²) in [6.45, 7) is 5.40. The molecule has 0 aromatic carbocycles. The van der Waals surface area contributed by atoms with Gasteiger partial charge in [0.05, 0.1) is 12.6 Å². The van der Waals surface area contributed by atoms with Crippen LogP contribution in [0, 0.1) is 12.8 Å². The Labute approximate surface area is 111 Å². The van der Waals surface area contributed by atoms with Crippen LogP contribution in [-0.4, -0.2) is 17.0 Å². The molecule has 1 aliphatic heterocycles. The van der Waals surface area contributed by atoms with Crippen LogP contribution in [0.4, 0.5) is 0 Å². The van der Waals surface area contributed by atoms with E-state index >= 15 is 0 Å². The van der Waals surface area contributed by atoms with Crippen molar-refractivity contribution < 1.29 is 0 Å². The Morgan fingerprint density at radius 1 is 1.41 bits per heavy atom. The van der Waals surface area contributed by atoms with Gasteiger partial charge < -0.3 is 5.32 Å². The third-order valence-electron chi connectivity index (χ3n) is 3.35. The summed E-state index contributed by atoms with van der Waals surface area (Å²) in [5.74, 6) is 0.947. The fraction of sp³-hybridized carbons (Fsp3) is 0.615. The zero-order valence-electron chi connectivity index (χ0n) is 10.3. The summed E-state index contributed by atoms with van der Waals surface area (Å²) in [4.78, 5) is 7.41. The van der Waals surface area contributed by atoms with Gasteiger partial charge in [0.15, 0.2) is 5.17 Å². The normalized spacial score (nSPS) is 25.8. The molecule has 0 saturated heterocycles. The van der Waals surface area contributed by atoms with Crippen LogP contribution in [0.2, 0.25) is 0 Å². The van der Waals surface area contributed by atoms with Crippen molar-refractivity contribution >= 4 is 28.3 Å². The van der Waals surface area contributed by atoms with Crippen LogP contribution in [0.15, 0.2) is 17.1 Å². The molecule has 2 unspecified atom stereocenters. The molecule has 1 saturated carbocycles. The van der Waals surface area contributed by atoms with Gasteiger partial charge in [0.25, 0.3) is 0 Å². The van der Waals surface area contributed by atoms with Gasteiger partial charge in [-0.15, -0.1) is 11.3 Å². The highest BCUT2D eigenvalue weighted by atomic mass is 32.2. The lowest BCUT2D eigenvalue weighted by molar-refractivity contribution is 0.734. The summed E-state index contributed by atoms with van der Waals surface area (Å²) in [5, 5.41) is 5.46. The molecule has 0 amide bonds. The van der Waals surface area contributed by atoms with E-state index in [1.54, 1.807) is 0 Å². The summed E-state index contributed by atoms with van der Waals surface area (Å²) in [6.07, 6.45) is 2.83. The summed E-state index contributed by atoms with van der Waals surface area (Å²) in [7, 11) is 0. The second-order valence-electron chi connectivity index (χ2n) is 4.95. The van der Waals surface area contributed by atoms with Gasteiger partial charge >= 0.3 is 0 Å². The van der Waals surface area contributed by atoms with Crippen molar-refractivity contribution in [1.29, 1.82) is 0 Å². The highest BCUT2D eigenvalue weighted by Crippen LogP contribution is 2.41. The van der Waals surface area contributed by atoms with Crippen LogP contribution in [0.3, 0.4) is 0 Å². The molecule has 1 aromatic rings. The molecule has 17 heavy (non-hydrogen) atoms. The zero-order valence-corrected chi connectivity index (χ0v) is 11.9. The van der Waals surface area contributed by atoms with Crippen molar-refractivity contribution in [2.75, 3.05) is 6.54 Å². The average Bonchev–Trinajstić information content (AvgIpc) is 2.90. The van der Waals surface area contributed by atoms with Crippen molar-refractivity contribution in [3.05, 3.63) is 21.9 Å². The highest BCUT2D eigenvalue weighted by Gasteiger charge is 2.35. The lowest BCUT2D eigenvalue weighted by Crippen LogP contribution is -2.22. The van der Waals surface area contributed by atoms with E-state index in [9.17, 15) is 0 Å². The molecule has 0 bridgehead atoms. The molecule has 2 atom stereocenters. The summed E-state index contributed by atoms with van der Waals surface area (Å²) < 4.78 is 0. The van der Waals surface area contributed by atoms with Crippen LogP contribution in [-0.2, 0) is 0 Å². The monoisotopic (exact) mass is 266 g/mol. The number of aryl methyl sites for hydroxylation is 1. The van der Waals surface area contributed by atoms with Crippen LogP contribution in [0.1, 0.15) is 35.6 Å². The molecule has 3 rings (SSSR count). The molecule has 0 radical (unpaired) electrons. The molecule has 2 heterocycles. The number of nitrogens with zero attached hydrogens (tertiary/aromatic N) is 1. The second kappa shape index (κ2) is 4.65. The standard InChI is InChI=1S/C13H18N2S2/c1-8-3-6-11(16-8)9(2)15-13-14-7-12(17-13)10-4-5-10/h3,6,9-10,12H,4-5,7H2,1-2H3,(H,14,15). The van der Waals surface area contributed by atoms with Gasteiger partial charge in [-0.25, -0.2) is 0 Å². The minimum absolute atomic E-state index is 0.387. The van der Waals surface area contributed by atoms with Crippen molar-refractivity contribution in [2.45, 2.75) is 38.0 Å². The van der Waals surface area contributed by atoms with Gasteiger partial charge in [0, 0.05) is 15.0 Å². The van der Waals surface area contributed by atoms with Gasteiger partial charge in [-0.2, -0.15) is 0 Å². The molecule has 2 aliphatic rings. The number of rotatable bonds is 3. The molecule has 0 spiro atoms. The predicted molar refractivity (Wildman–Crippen MR) is 77.0 cm³/mol. The molecule has 1 aliphatic carbocycles. The summed E-state index contributed by atoms with van der Waals surface area (Å²) >= 11 is 3.83. The Kier molecular flexibility index (Phi) is 3.17. The number of hydrogen-bond donors (Lipinski definition) is 1. The van der Waals surface area contributed by atoms with Crippen LogP contribution >= 0.6 is 23.1 Å². The maximum atomic E-state index is 4.62. The van der Waals surface area contributed by atoms with Crippen LogP contribution in [0.5, 0.6) is 0 Å². The SMILES string of the molecule is Cc1ccc(C(C)NC2=NCC(C3CC3)S2)s1. The molecule has 1 fully saturated rings. The summed E-state index contributed by atoms with van der Waals surface area (Å²) in [6, 6.07) is 4.79. The van der Waals surface area contributed by atoms with Gasteiger partial charge in [-0.1, -0.05) is 11.8 Å². The maximum Gasteiger partial charge on any atom is 0.157 e. The van der Waals surface area contributed by atoms with E-state index in [2.05, 4.69) is 36.3 Å². The van der Waals surface area contributed by atoms with E-state index in [1.807, 2.05) is 23.1 Å². The first kappa shape index (κ1) is 11.6. The quantitative estimate of drug-likeness (QED) is 0.904. The Bertz CT molecular complexity index is 434. The Morgan fingerprint density at radius 3 is 2.88 bits per heavy atom. The molecular formula is C13H18N2S2. The Morgan fingerprint density at radius 2 is 2.24 bits per heavy atom. The maximum absolute atomic E-state index is 4.62. The first-order valence-corrected chi connectivity index (χ1v) is 7.96. The minimum atomic E-state index is 0.387. The minimum Gasteiger partial charge on any atom is -0.358 e. The fourth-order valence-electron chi connectivity index (χ4n) is 2.13. The Balaban J connectivity index is 1.56. The smallest absolute Gasteiger partial charge is 0.157 e. The van der Waals surface area contributed by atoms with Crippen molar-refractivity contribution in [3.63, 3.8) is 0 Å². The first-order valence-electron chi connectivity index (χ1n) is 6.26. The van der Waals surface area contributed by atoms with E-state index in [0.29, 0.717) is 6.04 Å². The van der Waals surface area contributed by atoms with Gasteiger partial charge in [-0.3, -0.25) is 4.99 Å². The van der Waals surface area contributed by atoms with E-state index in [-0.39, 0.29) is 0 Å². The van der Waals surface area contributed by atoms with Gasteiger partial charge in [0.1, 0.15) is 0 Å². The second-order valence-corrected chi connectivity index (χ2v) is 7.50. The Hall–Kier alpha value is -0.480.